The Hall–Kier alpha value is -1.32. The van der Waals surface area contributed by atoms with Gasteiger partial charge in [0.1, 0.15) is 12.4 Å². The molecule has 1 heterocycles. The van der Waals surface area contributed by atoms with Gasteiger partial charge in [-0.05, 0) is 6.92 Å². The van der Waals surface area contributed by atoms with Gasteiger partial charge >= 0.3 is 5.97 Å². The highest BCUT2D eigenvalue weighted by Gasteiger charge is 2.34. The summed E-state index contributed by atoms with van der Waals surface area (Å²) in [6.07, 6.45) is 2.03. The van der Waals surface area contributed by atoms with Crippen molar-refractivity contribution in [1.29, 1.82) is 0 Å². The zero-order chi connectivity index (χ0) is 12.7. The quantitative estimate of drug-likeness (QED) is 0.535. The van der Waals surface area contributed by atoms with Gasteiger partial charge in [-0.15, -0.1) is 0 Å². The standard InChI is InChI=1S/C10H14O4.C2H6/c1-6-8(4-11)7(2)14-5-9(6)10(12)13-3;1-2/h4-8H,1-3H3;1-2H3. The Morgan fingerprint density at radius 3 is 2.44 bits per heavy atom. The number of rotatable bonds is 2. The van der Waals surface area contributed by atoms with Crippen LogP contribution < -0.4 is 0 Å². The molecule has 92 valence electrons. The molecule has 3 unspecified atom stereocenters. The molecule has 0 spiro atoms. The minimum Gasteiger partial charge on any atom is -0.497 e. The molecule has 4 heteroatoms. The van der Waals surface area contributed by atoms with Gasteiger partial charge in [-0.3, -0.25) is 0 Å². The lowest BCUT2D eigenvalue weighted by molar-refractivity contribution is -0.138. The summed E-state index contributed by atoms with van der Waals surface area (Å²) < 4.78 is 9.78. The second-order valence-electron chi connectivity index (χ2n) is 3.41. The largest absolute Gasteiger partial charge is 0.497 e. The normalized spacial score (nSPS) is 27.8. The van der Waals surface area contributed by atoms with Gasteiger partial charge in [0, 0.05) is 5.92 Å². The third kappa shape index (κ3) is 3.08. The maximum atomic E-state index is 11.3. The number of hydrogen-bond acceptors (Lipinski definition) is 4. The van der Waals surface area contributed by atoms with E-state index in [-0.39, 0.29) is 17.9 Å². The van der Waals surface area contributed by atoms with Crippen LogP contribution in [0.5, 0.6) is 0 Å². The topological polar surface area (TPSA) is 52.6 Å². The van der Waals surface area contributed by atoms with Crippen LogP contribution in [0.15, 0.2) is 11.8 Å². The van der Waals surface area contributed by atoms with Crippen molar-refractivity contribution in [3.8, 4) is 0 Å². The van der Waals surface area contributed by atoms with E-state index in [1.807, 2.05) is 20.8 Å². The molecule has 0 amide bonds. The predicted octanol–water partition coefficient (Wildman–Crippen LogP) is 1.94. The number of methoxy groups -OCH3 is 1. The number of hydrogen-bond donors (Lipinski definition) is 0. The highest BCUT2D eigenvalue weighted by Crippen LogP contribution is 2.29. The van der Waals surface area contributed by atoms with Crippen LogP contribution >= 0.6 is 0 Å². The number of aldehydes is 1. The molecule has 16 heavy (non-hydrogen) atoms. The van der Waals surface area contributed by atoms with Gasteiger partial charge < -0.3 is 14.3 Å². The van der Waals surface area contributed by atoms with E-state index in [9.17, 15) is 9.59 Å². The molecule has 1 rings (SSSR count). The van der Waals surface area contributed by atoms with Crippen molar-refractivity contribution >= 4 is 12.3 Å². The number of esters is 1. The summed E-state index contributed by atoms with van der Waals surface area (Å²) in [5.74, 6) is -0.867. The first-order valence-electron chi connectivity index (χ1n) is 5.51. The third-order valence-electron chi connectivity index (χ3n) is 2.60. The Labute approximate surface area is 96.6 Å². The molecule has 0 bridgehead atoms. The van der Waals surface area contributed by atoms with Crippen LogP contribution in [0, 0.1) is 11.8 Å². The minimum atomic E-state index is -0.434. The molecule has 0 aromatic carbocycles. The molecule has 3 atom stereocenters. The second-order valence-corrected chi connectivity index (χ2v) is 3.41. The van der Waals surface area contributed by atoms with Gasteiger partial charge in [0.05, 0.1) is 24.9 Å². The molecule has 0 fully saturated rings. The minimum absolute atomic E-state index is 0.149. The molecule has 0 saturated heterocycles. The van der Waals surface area contributed by atoms with Gasteiger partial charge in [-0.25, -0.2) is 4.79 Å². The smallest absolute Gasteiger partial charge is 0.337 e. The molecule has 0 aliphatic carbocycles. The molecule has 1 aliphatic rings. The summed E-state index contributed by atoms with van der Waals surface area (Å²) in [5.41, 5.74) is 0.419. The first-order chi connectivity index (χ1) is 7.61. The van der Waals surface area contributed by atoms with Gasteiger partial charge in [-0.2, -0.15) is 0 Å². The lowest BCUT2D eigenvalue weighted by Crippen LogP contribution is -2.34. The van der Waals surface area contributed by atoms with Crippen LogP contribution in [0.4, 0.5) is 0 Å². The van der Waals surface area contributed by atoms with E-state index in [1.165, 1.54) is 13.4 Å². The molecule has 4 nitrogen and oxygen atoms in total. The molecule has 0 N–H and O–H groups in total. The average molecular weight is 228 g/mol. The number of ether oxygens (including phenoxy) is 2. The molecular formula is C12H20O4. The first-order valence-corrected chi connectivity index (χ1v) is 5.51. The Kier molecular flexibility index (Phi) is 6.46. The predicted molar refractivity (Wildman–Crippen MR) is 60.7 cm³/mol. The van der Waals surface area contributed by atoms with Crippen LogP contribution in [0.2, 0.25) is 0 Å². The van der Waals surface area contributed by atoms with Gasteiger partial charge in [-0.1, -0.05) is 20.8 Å². The average Bonchev–Trinajstić information content (AvgIpc) is 2.31. The molecule has 0 aromatic heterocycles. The maximum absolute atomic E-state index is 11.3. The van der Waals surface area contributed by atoms with Crippen LogP contribution in [0.25, 0.3) is 0 Å². The fourth-order valence-electron chi connectivity index (χ4n) is 1.57. The summed E-state index contributed by atoms with van der Waals surface area (Å²) in [6.45, 7) is 7.63. The fraction of sp³-hybridized carbons (Fsp3) is 0.667. The third-order valence-corrected chi connectivity index (χ3v) is 2.60. The van der Waals surface area contributed by atoms with Crippen LogP contribution in [0.1, 0.15) is 27.7 Å². The summed E-state index contributed by atoms with van der Waals surface area (Å²) in [7, 11) is 1.31. The van der Waals surface area contributed by atoms with E-state index in [0.29, 0.717) is 5.57 Å². The van der Waals surface area contributed by atoms with Gasteiger partial charge in [0.25, 0.3) is 0 Å². The zero-order valence-corrected chi connectivity index (χ0v) is 10.5. The maximum Gasteiger partial charge on any atom is 0.337 e. The highest BCUT2D eigenvalue weighted by molar-refractivity contribution is 5.89. The van der Waals surface area contributed by atoms with Crippen molar-refractivity contribution in [2.45, 2.75) is 33.8 Å². The summed E-state index contributed by atoms with van der Waals surface area (Å²) in [5, 5.41) is 0. The highest BCUT2D eigenvalue weighted by atomic mass is 16.5. The van der Waals surface area contributed by atoms with Crippen LogP contribution in [0.3, 0.4) is 0 Å². The van der Waals surface area contributed by atoms with E-state index >= 15 is 0 Å². The lowest BCUT2D eigenvalue weighted by Gasteiger charge is -2.30. The van der Waals surface area contributed by atoms with Crippen molar-refractivity contribution in [3.05, 3.63) is 11.8 Å². The lowest BCUT2D eigenvalue weighted by atomic mass is 9.84. The van der Waals surface area contributed by atoms with Crippen molar-refractivity contribution < 1.29 is 19.1 Å². The Morgan fingerprint density at radius 2 is 2.00 bits per heavy atom. The first kappa shape index (κ1) is 14.7. The summed E-state index contributed by atoms with van der Waals surface area (Å²) >= 11 is 0. The Morgan fingerprint density at radius 1 is 1.44 bits per heavy atom. The van der Waals surface area contributed by atoms with Crippen molar-refractivity contribution in [2.24, 2.45) is 11.8 Å². The van der Waals surface area contributed by atoms with Crippen LogP contribution in [-0.2, 0) is 19.1 Å². The molecular weight excluding hydrogens is 208 g/mol. The van der Waals surface area contributed by atoms with E-state index < -0.39 is 5.97 Å². The molecule has 0 saturated carbocycles. The van der Waals surface area contributed by atoms with E-state index in [0.717, 1.165) is 6.29 Å². The SMILES string of the molecule is CC.COC(=O)C1=COC(C)C(C=O)C1C. The number of carbonyl (C=O) groups is 2. The molecule has 0 radical (unpaired) electrons. The fourth-order valence-corrected chi connectivity index (χ4v) is 1.57. The number of carbonyl (C=O) groups excluding carboxylic acids is 2. The Balaban J connectivity index is 0.00000106. The van der Waals surface area contributed by atoms with Gasteiger partial charge in [0.15, 0.2) is 0 Å². The van der Waals surface area contributed by atoms with Crippen LogP contribution in [-0.4, -0.2) is 25.5 Å². The monoisotopic (exact) mass is 228 g/mol. The van der Waals surface area contributed by atoms with Crippen molar-refractivity contribution in [3.63, 3.8) is 0 Å². The second kappa shape index (κ2) is 7.04. The van der Waals surface area contributed by atoms with Gasteiger partial charge in [0.2, 0.25) is 0 Å². The van der Waals surface area contributed by atoms with Crippen molar-refractivity contribution in [1.82, 2.24) is 0 Å². The molecule has 1 aliphatic heterocycles. The summed E-state index contributed by atoms with van der Waals surface area (Å²) in [4.78, 5) is 22.0. The van der Waals surface area contributed by atoms with E-state index in [1.54, 1.807) is 6.92 Å². The Bertz CT molecular complexity index is 270. The summed E-state index contributed by atoms with van der Waals surface area (Å²) in [6, 6.07) is 0. The van der Waals surface area contributed by atoms with E-state index in [2.05, 4.69) is 4.74 Å². The zero-order valence-electron chi connectivity index (χ0n) is 10.5. The van der Waals surface area contributed by atoms with E-state index in [4.69, 9.17) is 4.74 Å². The molecule has 0 aromatic rings. The van der Waals surface area contributed by atoms with Crippen molar-refractivity contribution in [2.75, 3.05) is 7.11 Å².